The van der Waals surface area contributed by atoms with Crippen LogP contribution >= 0.6 is 0 Å². The van der Waals surface area contributed by atoms with Gasteiger partial charge in [0.25, 0.3) is 0 Å². The summed E-state index contributed by atoms with van der Waals surface area (Å²) in [6.07, 6.45) is 1.64. The smallest absolute Gasteiger partial charge is 0.123 e. The largest absolute Gasteiger partial charge is 0.379 e. The molecule has 2 rings (SSSR count). The van der Waals surface area contributed by atoms with Crippen molar-refractivity contribution < 1.29 is 9.13 Å². The van der Waals surface area contributed by atoms with Crippen LogP contribution in [0.3, 0.4) is 0 Å². The summed E-state index contributed by atoms with van der Waals surface area (Å²) in [4.78, 5) is 0. The fraction of sp³-hybridized carbons (Fsp3) is 0.455. The molecule has 0 bridgehead atoms. The van der Waals surface area contributed by atoms with Gasteiger partial charge in [-0.2, -0.15) is 0 Å². The Kier molecular flexibility index (Phi) is 2.52. The molecular weight excluding hydrogens is 181 g/mol. The van der Waals surface area contributed by atoms with Crippen molar-refractivity contribution in [3.05, 3.63) is 35.6 Å². The molecule has 1 aliphatic rings. The van der Waals surface area contributed by atoms with E-state index >= 15 is 0 Å². The SMILES string of the molecule is NC1(Cc2ccc(F)cc2)CCOC1. The molecule has 1 aromatic rings. The van der Waals surface area contributed by atoms with Crippen LogP contribution in [0.5, 0.6) is 0 Å². The number of nitrogens with two attached hydrogens (primary N) is 1. The van der Waals surface area contributed by atoms with E-state index in [1.807, 2.05) is 0 Å². The van der Waals surface area contributed by atoms with Crippen LogP contribution in [0.25, 0.3) is 0 Å². The molecule has 1 unspecified atom stereocenters. The van der Waals surface area contributed by atoms with Crippen LogP contribution in [0.4, 0.5) is 4.39 Å². The van der Waals surface area contributed by atoms with Crippen molar-refractivity contribution in [1.29, 1.82) is 0 Å². The molecule has 76 valence electrons. The molecule has 0 aromatic heterocycles. The first-order valence-corrected chi connectivity index (χ1v) is 4.79. The molecule has 2 nitrogen and oxygen atoms in total. The molecule has 1 aliphatic heterocycles. The second-order valence-corrected chi connectivity index (χ2v) is 3.97. The fourth-order valence-electron chi connectivity index (χ4n) is 1.77. The molecule has 1 fully saturated rings. The molecule has 1 heterocycles. The number of halogens is 1. The van der Waals surface area contributed by atoms with Crippen molar-refractivity contribution in [1.82, 2.24) is 0 Å². The van der Waals surface area contributed by atoms with E-state index in [1.165, 1.54) is 12.1 Å². The summed E-state index contributed by atoms with van der Waals surface area (Å²) in [5, 5.41) is 0. The molecular formula is C11H14FNO. The van der Waals surface area contributed by atoms with E-state index in [1.54, 1.807) is 12.1 Å². The number of hydrogen-bond acceptors (Lipinski definition) is 2. The molecule has 0 amide bonds. The lowest BCUT2D eigenvalue weighted by atomic mass is 9.91. The predicted molar refractivity (Wildman–Crippen MR) is 52.5 cm³/mol. The molecule has 1 saturated heterocycles. The molecule has 2 N–H and O–H groups in total. The van der Waals surface area contributed by atoms with Crippen LogP contribution in [-0.4, -0.2) is 18.8 Å². The van der Waals surface area contributed by atoms with Crippen LogP contribution < -0.4 is 5.73 Å². The number of hydrogen-bond donors (Lipinski definition) is 1. The Morgan fingerprint density at radius 1 is 1.36 bits per heavy atom. The van der Waals surface area contributed by atoms with E-state index in [9.17, 15) is 4.39 Å². The van der Waals surface area contributed by atoms with Gasteiger partial charge in [0, 0.05) is 12.1 Å². The van der Waals surface area contributed by atoms with Crippen LogP contribution in [-0.2, 0) is 11.2 Å². The first-order chi connectivity index (χ1) is 6.68. The van der Waals surface area contributed by atoms with Crippen LogP contribution in [0, 0.1) is 5.82 Å². The van der Waals surface area contributed by atoms with Crippen LogP contribution in [0.1, 0.15) is 12.0 Å². The third kappa shape index (κ3) is 2.11. The second-order valence-electron chi connectivity index (χ2n) is 3.97. The lowest BCUT2D eigenvalue weighted by Crippen LogP contribution is -2.42. The minimum absolute atomic E-state index is 0.206. The molecule has 3 heteroatoms. The van der Waals surface area contributed by atoms with Crippen molar-refractivity contribution in [3.63, 3.8) is 0 Å². The molecule has 0 radical (unpaired) electrons. The number of benzene rings is 1. The van der Waals surface area contributed by atoms with Gasteiger partial charge in [0.1, 0.15) is 5.82 Å². The highest BCUT2D eigenvalue weighted by Gasteiger charge is 2.30. The standard InChI is InChI=1S/C11H14FNO/c12-10-3-1-9(2-4-10)7-11(13)5-6-14-8-11/h1-4H,5-8,13H2. The van der Waals surface area contributed by atoms with E-state index in [-0.39, 0.29) is 11.4 Å². The third-order valence-electron chi connectivity index (χ3n) is 2.60. The first kappa shape index (κ1) is 9.62. The Morgan fingerprint density at radius 2 is 2.07 bits per heavy atom. The quantitative estimate of drug-likeness (QED) is 0.776. The molecule has 14 heavy (non-hydrogen) atoms. The monoisotopic (exact) mass is 195 g/mol. The molecule has 0 saturated carbocycles. The van der Waals surface area contributed by atoms with Gasteiger partial charge in [-0.15, -0.1) is 0 Å². The Balaban J connectivity index is 2.06. The number of ether oxygens (including phenoxy) is 1. The van der Waals surface area contributed by atoms with Gasteiger partial charge in [0.05, 0.1) is 6.61 Å². The third-order valence-corrected chi connectivity index (χ3v) is 2.60. The highest BCUT2D eigenvalue weighted by Crippen LogP contribution is 2.20. The Bertz CT molecular complexity index is 304. The lowest BCUT2D eigenvalue weighted by molar-refractivity contribution is 0.178. The van der Waals surface area contributed by atoms with Crippen molar-refractivity contribution in [2.75, 3.05) is 13.2 Å². The zero-order valence-corrected chi connectivity index (χ0v) is 8.00. The van der Waals surface area contributed by atoms with Crippen molar-refractivity contribution in [2.24, 2.45) is 5.73 Å². The summed E-state index contributed by atoms with van der Waals surface area (Å²) >= 11 is 0. The summed E-state index contributed by atoms with van der Waals surface area (Å²) in [5.41, 5.74) is 6.93. The number of rotatable bonds is 2. The minimum Gasteiger partial charge on any atom is -0.379 e. The van der Waals surface area contributed by atoms with Gasteiger partial charge in [0.15, 0.2) is 0 Å². The topological polar surface area (TPSA) is 35.2 Å². The Hall–Kier alpha value is -0.930. The van der Waals surface area contributed by atoms with Crippen LogP contribution in [0.2, 0.25) is 0 Å². The fourth-order valence-corrected chi connectivity index (χ4v) is 1.77. The van der Waals surface area contributed by atoms with Gasteiger partial charge in [0.2, 0.25) is 0 Å². The molecule has 1 aromatic carbocycles. The first-order valence-electron chi connectivity index (χ1n) is 4.79. The molecule has 1 atom stereocenters. The molecule has 0 aliphatic carbocycles. The predicted octanol–water partition coefficient (Wildman–Crippen LogP) is 1.49. The average Bonchev–Trinajstić information content (AvgIpc) is 2.57. The maximum absolute atomic E-state index is 12.6. The van der Waals surface area contributed by atoms with E-state index in [4.69, 9.17) is 10.5 Å². The maximum Gasteiger partial charge on any atom is 0.123 e. The summed E-state index contributed by atoms with van der Waals surface area (Å²) in [5.74, 6) is -0.206. The van der Waals surface area contributed by atoms with Gasteiger partial charge >= 0.3 is 0 Å². The van der Waals surface area contributed by atoms with Crippen molar-refractivity contribution in [3.8, 4) is 0 Å². The highest BCUT2D eigenvalue weighted by molar-refractivity contribution is 5.19. The van der Waals surface area contributed by atoms with Crippen LogP contribution in [0.15, 0.2) is 24.3 Å². The zero-order valence-electron chi connectivity index (χ0n) is 8.00. The van der Waals surface area contributed by atoms with E-state index in [2.05, 4.69) is 0 Å². The van der Waals surface area contributed by atoms with Gasteiger partial charge in [-0.1, -0.05) is 12.1 Å². The zero-order chi connectivity index (χ0) is 10.0. The van der Waals surface area contributed by atoms with Gasteiger partial charge in [-0.25, -0.2) is 4.39 Å². The summed E-state index contributed by atoms with van der Waals surface area (Å²) in [6, 6.07) is 6.49. The Morgan fingerprint density at radius 3 is 2.64 bits per heavy atom. The average molecular weight is 195 g/mol. The minimum atomic E-state index is -0.252. The van der Waals surface area contributed by atoms with Gasteiger partial charge in [-0.3, -0.25) is 0 Å². The van der Waals surface area contributed by atoms with Gasteiger partial charge in [-0.05, 0) is 30.5 Å². The lowest BCUT2D eigenvalue weighted by Gasteiger charge is -2.21. The van der Waals surface area contributed by atoms with Crippen molar-refractivity contribution >= 4 is 0 Å². The Labute approximate surface area is 82.9 Å². The highest BCUT2D eigenvalue weighted by atomic mass is 19.1. The van der Waals surface area contributed by atoms with E-state index in [0.29, 0.717) is 6.61 Å². The van der Waals surface area contributed by atoms with Crippen molar-refractivity contribution in [2.45, 2.75) is 18.4 Å². The maximum atomic E-state index is 12.6. The second kappa shape index (κ2) is 3.67. The van der Waals surface area contributed by atoms with E-state index < -0.39 is 0 Å². The summed E-state index contributed by atoms with van der Waals surface area (Å²) in [7, 11) is 0. The normalized spacial score (nSPS) is 26.7. The van der Waals surface area contributed by atoms with Gasteiger partial charge < -0.3 is 10.5 Å². The molecule has 0 spiro atoms. The summed E-state index contributed by atoms with van der Waals surface area (Å²) < 4.78 is 17.9. The van der Waals surface area contributed by atoms with E-state index in [0.717, 1.165) is 25.0 Å². The summed E-state index contributed by atoms with van der Waals surface area (Å²) in [6.45, 7) is 1.34.